The molecule has 1 atom stereocenters. The smallest absolute Gasteiger partial charge is 0.271 e. The molecule has 1 aromatic carbocycles. The standard InChI is InChI=1S/C20H20N6O3/c1-25(12-27)9-7-15(28)6-5-13-3-2-4-14(11-13)16-20-23-8-10-26(20)18(21)17(24-16)19(22)29/h2-4,8,10-12,15,28H,7,9,21H2,1H3,(H2,22,29)/t15-/m0/s1. The number of amides is 2. The van der Waals surface area contributed by atoms with Crippen molar-refractivity contribution in [3.63, 3.8) is 0 Å². The lowest BCUT2D eigenvalue weighted by Crippen LogP contribution is -2.21. The summed E-state index contributed by atoms with van der Waals surface area (Å²) in [7, 11) is 1.63. The molecule has 0 saturated heterocycles. The molecule has 2 heterocycles. The lowest BCUT2D eigenvalue weighted by molar-refractivity contribution is -0.117. The summed E-state index contributed by atoms with van der Waals surface area (Å²) < 4.78 is 1.55. The van der Waals surface area contributed by atoms with Crippen molar-refractivity contribution in [2.24, 2.45) is 5.73 Å². The lowest BCUT2D eigenvalue weighted by atomic mass is 10.1. The third kappa shape index (κ3) is 4.34. The Morgan fingerprint density at radius 3 is 2.97 bits per heavy atom. The molecule has 9 heteroatoms. The summed E-state index contributed by atoms with van der Waals surface area (Å²) in [5.74, 6) is 5.05. The van der Waals surface area contributed by atoms with E-state index >= 15 is 0 Å². The van der Waals surface area contributed by atoms with Crippen LogP contribution >= 0.6 is 0 Å². The second-order valence-electron chi connectivity index (χ2n) is 6.42. The van der Waals surface area contributed by atoms with Gasteiger partial charge < -0.3 is 21.5 Å². The number of aliphatic hydroxyl groups excluding tert-OH is 1. The number of nitrogens with two attached hydrogens (primary N) is 2. The maximum Gasteiger partial charge on any atom is 0.271 e. The molecular weight excluding hydrogens is 372 g/mol. The highest BCUT2D eigenvalue weighted by Crippen LogP contribution is 2.25. The van der Waals surface area contributed by atoms with Gasteiger partial charge in [-0.1, -0.05) is 24.0 Å². The number of primary amides is 1. The van der Waals surface area contributed by atoms with Gasteiger partial charge in [0.25, 0.3) is 5.91 Å². The van der Waals surface area contributed by atoms with Crippen molar-refractivity contribution in [2.45, 2.75) is 12.5 Å². The molecule has 0 aliphatic carbocycles. The van der Waals surface area contributed by atoms with Crippen LogP contribution in [0.2, 0.25) is 0 Å². The average Bonchev–Trinajstić information content (AvgIpc) is 3.21. The number of nitrogens with zero attached hydrogens (tertiary/aromatic N) is 4. The fraction of sp³-hybridized carbons (Fsp3) is 0.200. The van der Waals surface area contributed by atoms with Gasteiger partial charge in [0.2, 0.25) is 6.41 Å². The highest BCUT2D eigenvalue weighted by atomic mass is 16.3. The van der Waals surface area contributed by atoms with Gasteiger partial charge in [0.1, 0.15) is 17.6 Å². The van der Waals surface area contributed by atoms with Crippen LogP contribution in [0.15, 0.2) is 36.7 Å². The number of rotatable bonds is 6. The molecule has 29 heavy (non-hydrogen) atoms. The normalized spacial score (nSPS) is 11.5. The molecule has 0 fully saturated rings. The van der Waals surface area contributed by atoms with E-state index in [1.807, 2.05) is 0 Å². The van der Waals surface area contributed by atoms with Gasteiger partial charge in [-0.2, -0.15) is 0 Å². The van der Waals surface area contributed by atoms with E-state index in [-0.39, 0.29) is 11.5 Å². The number of aromatic nitrogens is 3. The van der Waals surface area contributed by atoms with E-state index in [0.29, 0.717) is 41.8 Å². The largest absolute Gasteiger partial charge is 0.383 e. The molecule has 0 saturated carbocycles. The minimum absolute atomic E-state index is 0.0447. The van der Waals surface area contributed by atoms with E-state index in [2.05, 4.69) is 21.8 Å². The minimum Gasteiger partial charge on any atom is -0.383 e. The van der Waals surface area contributed by atoms with Crippen molar-refractivity contribution in [3.05, 3.63) is 47.9 Å². The summed E-state index contributed by atoms with van der Waals surface area (Å²) >= 11 is 0. The number of anilines is 1. The van der Waals surface area contributed by atoms with Crippen molar-refractivity contribution >= 4 is 23.8 Å². The second kappa shape index (κ2) is 8.41. The molecule has 3 rings (SSSR count). The molecule has 0 aliphatic rings. The third-order valence-electron chi connectivity index (χ3n) is 4.27. The highest BCUT2D eigenvalue weighted by molar-refractivity contribution is 5.97. The third-order valence-corrected chi connectivity index (χ3v) is 4.27. The van der Waals surface area contributed by atoms with Gasteiger partial charge in [0, 0.05) is 43.5 Å². The van der Waals surface area contributed by atoms with Crippen LogP contribution in [0, 0.1) is 11.8 Å². The molecule has 148 valence electrons. The summed E-state index contributed by atoms with van der Waals surface area (Å²) in [4.78, 5) is 32.3. The Morgan fingerprint density at radius 1 is 1.45 bits per heavy atom. The van der Waals surface area contributed by atoms with Crippen LogP contribution in [-0.4, -0.2) is 56.4 Å². The number of nitrogen functional groups attached to an aromatic ring is 1. The van der Waals surface area contributed by atoms with Gasteiger partial charge in [0.15, 0.2) is 11.3 Å². The van der Waals surface area contributed by atoms with Crippen LogP contribution in [0.3, 0.4) is 0 Å². The number of aliphatic hydroxyl groups is 1. The molecule has 0 bridgehead atoms. The highest BCUT2D eigenvalue weighted by Gasteiger charge is 2.17. The first-order valence-corrected chi connectivity index (χ1v) is 8.78. The first-order chi connectivity index (χ1) is 13.9. The van der Waals surface area contributed by atoms with Crippen molar-refractivity contribution in [2.75, 3.05) is 19.3 Å². The zero-order chi connectivity index (χ0) is 21.0. The molecule has 2 amide bonds. The SMILES string of the molecule is CN(C=O)CC[C@@H](O)C#Cc1cccc(-c2nc(C(N)=O)c(N)n3ccnc23)c1. The number of benzene rings is 1. The summed E-state index contributed by atoms with van der Waals surface area (Å²) in [5, 5.41) is 9.98. The Morgan fingerprint density at radius 2 is 2.24 bits per heavy atom. The van der Waals surface area contributed by atoms with Gasteiger partial charge in [-0.15, -0.1) is 0 Å². The van der Waals surface area contributed by atoms with E-state index in [1.54, 1.807) is 48.1 Å². The topological polar surface area (TPSA) is 140 Å². The Bertz CT molecular complexity index is 1130. The van der Waals surface area contributed by atoms with Crippen LogP contribution in [0.5, 0.6) is 0 Å². The van der Waals surface area contributed by atoms with E-state index in [9.17, 15) is 14.7 Å². The Hall–Kier alpha value is -3.90. The monoisotopic (exact) mass is 392 g/mol. The van der Waals surface area contributed by atoms with E-state index in [0.717, 1.165) is 0 Å². The van der Waals surface area contributed by atoms with Gasteiger partial charge in [-0.3, -0.25) is 14.0 Å². The predicted octanol–water partition coefficient (Wildman–Crippen LogP) is 0.268. The van der Waals surface area contributed by atoms with E-state index in [4.69, 9.17) is 11.5 Å². The van der Waals surface area contributed by atoms with E-state index < -0.39 is 12.0 Å². The van der Waals surface area contributed by atoms with Crippen LogP contribution in [0.25, 0.3) is 16.9 Å². The fourth-order valence-corrected chi connectivity index (χ4v) is 2.74. The van der Waals surface area contributed by atoms with Crippen LogP contribution in [0.4, 0.5) is 5.82 Å². The van der Waals surface area contributed by atoms with Crippen LogP contribution in [0.1, 0.15) is 22.5 Å². The Balaban J connectivity index is 1.94. The molecule has 3 aromatic rings. The molecule has 0 aliphatic heterocycles. The molecule has 0 spiro atoms. The van der Waals surface area contributed by atoms with Gasteiger partial charge in [0.05, 0.1) is 0 Å². The minimum atomic E-state index is -0.865. The molecule has 0 radical (unpaired) electrons. The second-order valence-corrected chi connectivity index (χ2v) is 6.42. The van der Waals surface area contributed by atoms with Crippen molar-refractivity contribution < 1.29 is 14.7 Å². The molecule has 5 N–H and O–H groups in total. The zero-order valence-corrected chi connectivity index (χ0v) is 15.7. The predicted molar refractivity (Wildman–Crippen MR) is 108 cm³/mol. The maximum absolute atomic E-state index is 11.7. The number of carbonyl (C=O) groups excluding carboxylic acids is 2. The molecule has 0 unspecified atom stereocenters. The number of fused-ring (bicyclic) bond motifs is 1. The summed E-state index contributed by atoms with van der Waals surface area (Å²) in [6.07, 6.45) is 3.35. The van der Waals surface area contributed by atoms with Crippen molar-refractivity contribution in [1.82, 2.24) is 19.3 Å². The zero-order valence-electron chi connectivity index (χ0n) is 15.7. The van der Waals surface area contributed by atoms with Crippen molar-refractivity contribution in [3.8, 4) is 23.1 Å². The summed E-state index contributed by atoms with van der Waals surface area (Å²) in [5.41, 5.74) is 13.6. The van der Waals surface area contributed by atoms with Gasteiger partial charge in [-0.05, 0) is 12.1 Å². The molecule has 2 aromatic heterocycles. The van der Waals surface area contributed by atoms with Gasteiger partial charge in [-0.25, -0.2) is 9.97 Å². The lowest BCUT2D eigenvalue weighted by Gasteiger charge is -2.10. The number of hydrogen-bond acceptors (Lipinski definition) is 6. The first-order valence-electron chi connectivity index (χ1n) is 8.78. The quantitative estimate of drug-likeness (QED) is 0.406. The maximum atomic E-state index is 11.7. The molecule has 9 nitrogen and oxygen atoms in total. The number of hydrogen-bond donors (Lipinski definition) is 3. The number of imidazole rings is 1. The van der Waals surface area contributed by atoms with Crippen LogP contribution in [-0.2, 0) is 4.79 Å². The Kier molecular flexibility index (Phi) is 5.76. The first kappa shape index (κ1) is 19.9. The van der Waals surface area contributed by atoms with E-state index in [1.165, 1.54) is 4.90 Å². The fourth-order valence-electron chi connectivity index (χ4n) is 2.74. The Labute approximate surface area is 167 Å². The van der Waals surface area contributed by atoms with Crippen molar-refractivity contribution in [1.29, 1.82) is 0 Å². The summed E-state index contributed by atoms with van der Waals surface area (Å²) in [6, 6.07) is 7.15. The van der Waals surface area contributed by atoms with Gasteiger partial charge >= 0.3 is 0 Å². The van der Waals surface area contributed by atoms with Crippen LogP contribution < -0.4 is 11.5 Å². The number of carbonyl (C=O) groups is 2. The summed E-state index contributed by atoms with van der Waals surface area (Å²) in [6.45, 7) is 0.405. The average molecular weight is 392 g/mol. The molecular formula is C20H20N6O3.